The SMILES string of the molecule is O=C(NCCC1=CCCCC1)NCc1ccnc(-n2cccn2)c1. The molecule has 2 amide bonds. The van der Waals surface area contributed by atoms with Gasteiger partial charge in [-0.2, -0.15) is 5.10 Å². The van der Waals surface area contributed by atoms with E-state index in [0.717, 1.165) is 17.8 Å². The minimum absolute atomic E-state index is 0.135. The number of nitrogens with zero attached hydrogens (tertiary/aromatic N) is 3. The number of amides is 2. The number of hydrogen-bond acceptors (Lipinski definition) is 3. The molecule has 3 rings (SSSR count). The van der Waals surface area contributed by atoms with Gasteiger partial charge in [-0.3, -0.25) is 0 Å². The van der Waals surface area contributed by atoms with E-state index in [1.165, 1.54) is 31.3 Å². The summed E-state index contributed by atoms with van der Waals surface area (Å²) in [4.78, 5) is 16.2. The van der Waals surface area contributed by atoms with E-state index >= 15 is 0 Å². The van der Waals surface area contributed by atoms with Crippen LogP contribution < -0.4 is 10.6 Å². The molecule has 24 heavy (non-hydrogen) atoms. The van der Waals surface area contributed by atoms with E-state index in [1.54, 1.807) is 17.1 Å². The van der Waals surface area contributed by atoms with Crippen LogP contribution in [0.3, 0.4) is 0 Å². The van der Waals surface area contributed by atoms with Crippen LogP contribution in [0.2, 0.25) is 0 Å². The summed E-state index contributed by atoms with van der Waals surface area (Å²) in [5, 5.41) is 9.96. The Labute approximate surface area is 142 Å². The molecule has 1 aliphatic rings. The highest BCUT2D eigenvalue weighted by Crippen LogP contribution is 2.19. The molecular weight excluding hydrogens is 302 g/mol. The molecule has 1 aliphatic carbocycles. The van der Waals surface area contributed by atoms with Crippen LogP contribution in [0, 0.1) is 0 Å². The predicted octanol–water partition coefficient (Wildman–Crippen LogP) is 2.96. The molecule has 0 aromatic carbocycles. The van der Waals surface area contributed by atoms with Gasteiger partial charge in [-0.25, -0.2) is 14.5 Å². The molecule has 126 valence electrons. The van der Waals surface area contributed by atoms with Gasteiger partial charge in [0.2, 0.25) is 0 Å². The smallest absolute Gasteiger partial charge is 0.315 e. The fraction of sp³-hybridized carbons (Fsp3) is 0.389. The molecule has 2 aromatic rings. The van der Waals surface area contributed by atoms with Gasteiger partial charge in [-0.1, -0.05) is 11.6 Å². The van der Waals surface area contributed by atoms with Crippen molar-refractivity contribution in [1.82, 2.24) is 25.4 Å². The lowest BCUT2D eigenvalue weighted by Crippen LogP contribution is -2.35. The van der Waals surface area contributed by atoms with E-state index in [-0.39, 0.29) is 6.03 Å². The Balaban J connectivity index is 1.43. The van der Waals surface area contributed by atoms with Crippen molar-refractivity contribution < 1.29 is 4.79 Å². The highest BCUT2D eigenvalue weighted by Gasteiger charge is 2.05. The number of rotatable bonds is 6. The topological polar surface area (TPSA) is 71.8 Å². The number of carbonyl (C=O) groups is 1. The summed E-state index contributed by atoms with van der Waals surface area (Å²) in [5.74, 6) is 0.740. The van der Waals surface area contributed by atoms with Crippen LogP contribution in [0.15, 0.2) is 48.4 Å². The van der Waals surface area contributed by atoms with Crippen molar-refractivity contribution in [2.45, 2.75) is 38.6 Å². The highest BCUT2D eigenvalue weighted by molar-refractivity contribution is 5.73. The second-order valence-corrected chi connectivity index (χ2v) is 5.94. The summed E-state index contributed by atoms with van der Waals surface area (Å²) in [7, 11) is 0. The Kier molecular flexibility index (Phi) is 5.61. The van der Waals surface area contributed by atoms with E-state index in [4.69, 9.17) is 0 Å². The molecular formula is C18H23N5O. The Morgan fingerprint density at radius 3 is 3.00 bits per heavy atom. The van der Waals surface area contributed by atoms with Gasteiger partial charge in [0.05, 0.1) is 0 Å². The van der Waals surface area contributed by atoms with Gasteiger partial charge in [0.15, 0.2) is 5.82 Å². The molecule has 0 spiro atoms. The zero-order valence-corrected chi connectivity index (χ0v) is 13.7. The molecule has 6 nitrogen and oxygen atoms in total. The van der Waals surface area contributed by atoms with Crippen molar-refractivity contribution in [2.24, 2.45) is 0 Å². The highest BCUT2D eigenvalue weighted by atomic mass is 16.2. The largest absolute Gasteiger partial charge is 0.338 e. The summed E-state index contributed by atoms with van der Waals surface area (Å²) >= 11 is 0. The summed E-state index contributed by atoms with van der Waals surface area (Å²) < 4.78 is 1.70. The molecule has 0 fully saturated rings. The predicted molar refractivity (Wildman–Crippen MR) is 92.8 cm³/mol. The van der Waals surface area contributed by atoms with Crippen LogP contribution >= 0.6 is 0 Å². The average Bonchev–Trinajstić information content (AvgIpc) is 3.16. The maximum Gasteiger partial charge on any atom is 0.315 e. The molecule has 0 radical (unpaired) electrons. The minimum atomic E-state index is -0.135. The second-order valence-electron chi connectivity index (χ2n) is 5.94. The van der Waals surface area contributed by atoms with Crippen LogP contribution in [0.1, 0.15) is 37.7 Å². The van der Waals surface area contributed by atoms with E-state index in [2.05, 4.69) is 26.8 Å². The molecule has 0 atom stereocenters. The van der Waals surface area contributed by atoms with E-state index in [9.17, 15) is 4.79 Å². The molecule has 2 N–H and O–H groups in total. The number of urea groups is 1. The van der Waals surface area contributed by atoms with Crippen molar-refractivity contribution in [2.75, 3.05) is 6.54 Å². The van der Waals surface area contributed by atoms with E-state index in [1.807, 2.05) is 24.4 Å². The minimum Gasteiger partial charge on any atom is -0.338 e. The maximum absolute atomic E-state index is 11.9. The van der Waals surface area contributed by atoms with Crippen molar-refractivity contribution in [1.29, 1.82) is 0 Å². The summed E-state index contributed by atoms with van der Waals surface area (Å²) in [5.41, 5.74) is 2.46. The van der Waals surface area contributed by atoms with Crippen molar-refractivity contribution >= 4 is 6.03 Å². The normalized spacial score (nSPS) is 14.1. The zero-order chi connectivity index (χ0) is 16.6. The van der Waals surface area contributed by atoms with Crippen LogP contribution in [-0.2, 0) is 6.54 Å². The van der Waals surface area contributed by atoms with Gasteiger partial charge >= 0.3 is 6.03 Å². The number of carbonyl (C=O) groups excluding carboxylic acids is 1. The van der Waals surface area contributed by atoms with Gasteiger partial charge in [-0.05, 0) is 55.9 Å². The summed E-state index contributed by atoms with van der Waals surface area (Å²) in [6.07, 6.45) is 13.5. The Bertz CT molecular complexity index is 693. The van der Waals surface area contributed by atoms with Crippen LogP contribution in [0.4, 0.5) is 4.79 Å². The fourth-order valence-electron chi connectivity index (χ4n) is 2.81. The Morgan fingerprint density at radius 1 is 1.25 bits per heavy atom. The van der Waals surface area contributed by atoms with E-state index < -0.39 is 0 Å². The number of allylic oxidation sites excluding steroid dienone is 1. The number of nitrogens with one attached hydrogen (secondary N) is 2. The molecule has 0 saturated carbocycles. The lowest BCUT2D eigenvalue weighted by molar-refractivity contribution is 0.240. The van der Waals surface area contributed by atoms with Crippen LogP contribution in [-0.4, -0.2) is 27.3 Å². The number of pyridine rings is 1. The standard InChI is InChI=1S/C18H23N5O/c24-18(20-11-7-15-5-2-1-3-6-15)21-14-16-8-10-19-17(13-16)23-12-4-9-22-23/h4-5,8-10,12-13H,1-3,6-7,11,14H2,(H2,20,21,24). The third kappa shape index (κ3) is 4.68. The van der Waals surface area contributed by atoms with Crippen molar-refractivity contribution in [3.05, 3.63) is 54.0 Å². The molecule has 0 unspecified atom stereocenters. The van der Waals surface area contributed by atoms with Crippen molar-refractivity contribution in [3.63, 3.8) is 0 Å². The van der Waals surface area contributed by atoms with Crippen LogP contribution in [0.25, 0.3) is 5.82 Å². The zero-order valence-electron chi connectivity index (χ0n) is 13.7. The first-order valence-corrected chi connectivity index (χ1v) is 8.46. The molecule has 0 saturated heterocycles. The van der Waals surface area contributed by atoms with E-state index in [0.29, 0.717) is 13.1 Å². The Hall–Kier alpha value is -2.63. The first-order chi connectivity index (χ1) is 11.8. The first-order valence-electron chi connectivity index (χ1n) is 8.46. The maximum atomic E-state index is 11.9. The van der Waals surface area contributed by atoms with Gasteiger partial charge < -0.3 is 10.6 Å². The molecule has 0 bridgehead atoms. The fourth-order valence-corrected chi connectivity index (χ4v) is 2.81. The van der Waals surface area contributed by atoms with Gasteiger partial charge in [0.25, 0.3) is 0 Å². The number of hydrogen-bond donors (Lipinski definition) is 2. The monoisotopic (exact) mass is 325 g/mol. The average molecular weight is 325 g/mol. The second kappa shape index (κ2) is 8.29. The Morgan fingerprint density at radius 2 is 2.21 bits per heavy atom. The van der Waals surface area contributed by atoms with Crippen LogP contribution in [0.5, 0.6) is 0 Å². The molecule has 6 heteroatoms. The third-order valence-electron chi connectivity index (χ3n) is 4.12. The molecule has 2 heterocycles. The quantitative estimate of drug-likeness (QED) is 0.802. The number of aromatic nitrogens is 3. The van der Waals surface area contributed by atoms with Crippen molar-refractivity contribution in [3.8, 4) is 5.82 Å². The van der Waals surface area contributed by atoms with Gasteiger partial charge in [0, 0.05) is 31.7 Å². The summed E-state index contributed by atoms with van der Waals surface area (Å²) in [6.45, 7) is 1.15. The lowest BCUT2D eigenvalue weighted by Gasteiger charge is -2.13. The summed E-state index contributed by atoms with van der Waals surface area (Å²) in [6, 6.07) is 5.52. The van der Waals surface area contributed by atoms with Gasteiger partial charge in [-0.15, -0.1) is 0 Å². The molecule has 0 aliphatic heterocycles. The third-order valence-corrected chi connectivity index (χ3v) is 4.12. The molecule has 2 aromatic heterocycles. The van der Waals surface area contributed by atoms with Gasteiger partial charge in [0.1, 0.15) is 0 Å². The first kappa shape index (κ1) is 16.2. The lowest BCUT2D eigenvalue weighted by atomic mass is 9.97.